The number of piperidine rings is 1. The van der Waals surface area contributed by atoms with Crippen molar-refractivity contribution in [1.29, 1.82) is 0 Å². The third kappa shape index (κ3) is 3.89. The van der Waals surface area contributed by atoms with Gasteiger partial charge in [-0.3, -0.25) is 4.79 Å². The minimum Gasteiger partial charge on any atom is -0.342 e. The van der Waals surface area contributed by atoms with E-state index in [4.69, 9.17) is 9.97 Å². The first-order valence-corrected chi connectivity index (χ1v) is 9.61. The summed E-state index contributed by atoms with van der Waals surface area (Å²) in [6.45, 7) is 8.15. The number of rotatable bonds is 3. The van der Waals surface area contributed by atoms with Gasteiger partial charge in [-0.25, -0.2) is 9.97 Å². The van der Waals surface area contributed by atoms with E-state index in [0.717, 1.165) is 47.7 Å². The molecule has 3 rings (SSSR count). The van der Waals surface area contributed by atoms with Gasteiger partial charge in [0.25, 0.3) is 0 Å². The molecule has 1 amide bonds. The zero-order valence-corrected chi connectivity index (χ0v) is 15.5. The Kier molecular flexibility index (Phi) is 5.09. The highest BCUT2D eigenvalue weighted by molar-refractivity contribution is 8.00. The molecular weight excluding hydrogens is 318 g/mol. The van der Waals surface area contributed by atoms with Gasteiger partial charge >= 0.3 is 0 Å². The van der Waals surface area contributed by atoms with Crippen molar-refractivity contribution in [2.75, 3.05) is 18.8 Å². The summed E-state index contributed by atoms with van der Waals surface area (Å²) in [7, 11) is 0. The van der Waals surface area contributed by atoms with E-state index in [1.165, 1.54) is 18.2 Å². The topological polar surface area (TPSA) is 46.1 Å². The van der Waals surface area contributed by atoms with Crippen LogP contribution in [-0.2, 0) is 10.2 Å². The fourth-order valence-electron chi connectivity index (χ4n) is 2.86. The number of benzene rings is 1. The normalized spacial score (nSPS) is 15.7. The molecular formula is C19H25N3OS. The van der Waals surface area contributed by atoms with Gasteiger partial charge in [-0.2, -0.15) is 0 Å². The van der Waals surface area contributed by atoms with Crippen LogP contribution in [0.1, 0.15) is 45.9 Å². The van der Waals surface area contributed by atoms with Crippen molar-refractivity contribution in [2.24, 2.45) is 0 Å². The zero-order valence-electron chi connectivity index (χ0n) is 14.7. The Morgan fingerprint density at radius 1 is 1.12 bits per heavy atom. The summed E-state index contributed by atoms with van der Waals surface area (Å²) in [6, 6.07) is 8.05. The van der Waals surface area contributed by atoms with Crippen LogP contribution in [0.5, 0.6) is 0 Å². The van der Waals surface area contributed by atoms with Gasteiger partial charge < -0.3 is 4.90 Å². The number of thioether (sulfide) groups is 1. The summed E-state index contributed by atoms with van der Waals surface area (Å²) in [4.78, 5) is 23.9. The van der Waals surface area contributed by atoms with E-state index in [1.807, 2.05) is 29.2 Å². The van der Waals surface area contributed by atoms with Crippen molar-refractivity contribution in [1.82, 2.24) is 14.9 Å². The van der Waals surface area contributed by atoms with Gasteiger partial charge in [-0.1, -0.05) is 50.7 Å². The number of amides is 1. The molecule has 5 heteroatoms. The zero-order chi connectivity index (χ0) is 17.2. The van der Waals surface area contributed by atoms with Gasteiger partial charge in [0.05, 0.1) is 11.3 Å². The maximum absolute atomic E-state index is 12.5. The van der Waals surface area contributed by atoms with Crippen LogP contribution in [0.3, 0.4) is 0 Å². The van der Waals surface area contributed by atoms with Crippen LogP contribution in [0.15, 0.2) is 29.3 Å². The van der Waals surface area contributed by atoms with Crippen molar-refractivity contribution < 1.29 is 4.79 Å². The third-order valence-electron chi connectivity index (χ3n) is 4.28. The van der Waals surface area contributed by atoms with E-state index in [1.54, 1.807) is 0 Å². The lowest BCUT2D eigenvalue weighted by atomic mass is 9.95. The molecule has 0 radical (unpaired) electrons. The Morgan fingerprint density at radius 3 is 2.54 bits per heavy atom. The monoisotopic (exact) mass is 343 g/mol. The SMILES string of the molecule is CC(C)(C)c1nc(SCC(=O)N2CCCCC2)c2ccccc2n1. The molecule has 1 aliphatic heterocycles. The lowest BCUT2D eigenvalue weighted by Crippen LogP contribution is -2.36. The fraction of sp³-hybridized carbons (Fsp3) is 0.526. The molecule has 0 bridgehead atoms. The average Bonchev–Trinajstić information content (AvgIpc) is 2.59. The molecule has 0 spiro atoms. The van der Waals surface area contributed by atoms with E-state index < -0.39 is 0 Å². The first-order valence-electron chi connectivity index (χ1n) is 8.63. The van der Waals surface area contributed by atoms with Gasteiger partial charge in [0.15, 0.2) is 0 Å². The first-order chi connectivity index (χ1) is 11.4. The molecule has 4 nitrogen and oxygen atoms in total. The minimum atomic E-state index is -0.115. The molecule has 1 aromatic heterocycles. The lowest BCUT2D eigenvalue weighted by molar-refractivity contribution is -0.129. The Hall–Kier alpha value is -1.62. The largest absolute Gasteiger partial charge is 0.342 e. The van der Waals surface area contributed by atoms with Crippen LogP contribution < -0.4 is 0 Å². The number of nitrogens with zero attached hydrogens (tertiary/aromatic N) is 3. The number of para-hydroxylation sites is 1. The summed E-state index contributed by atoms with van der Waals surface area (Å²) in [6.07, 6.45) is 3.49. The first kappa shape index (κ1) is 17.2. The highest BCUT2D eigenvalue weighted by atomic mass is 32.2. The van der Waals surface area contributed by atoms with E-state index >= 15 is 0 Å². The summed E-state index contributed by atoms with van der Waals surface area (Å²) in [5.74, 6) is 1.50. The van der Waals surface area contributed by atoms with Crippen LogP contribution in [0, 0.1) is 0 Å². The predicted octanol–water partition coefficient (Wildman–Crippen LogP) is 4.03. The second-order valence-corrected chi connectivity index (χ2v) is 8.31. The number of fused-ring (bicyclic) bond motifs is 1. The smallest absolute Gasteiger partial charge is 0.232 e. The van der Waals surface area contributed by atoms with Gasteiger partial charge in [0.1, 0.15) is 10.9 Å². The quantitative estimate of drug-likeness (QED) is 0.623. The molecule has 0 saturated carbocycles. The maximum Gasteiger partial charge on any atom is 0.232 e. The number of likely N-dealkylation sites (tertiary alicyclic amines) is 1. The highest BCUT2D eigenvalue weighted by Gasteiger charge is 2.21. The molecule has 0 unspecified atom stereocenters. The molecule has 1 fully saturated rings. The number of carbonyl (C=O) groups excluding carboxylic acids is 1. The maximum atomic E-state index is 12.5. The van der Waals surface area contributed by atoms with Crippen molar-refractivity contribution in [2.45, 2.75) is 50.5 Å². The second kappa shape index (κ2) is 7.09. The lowest BCUT2D eigenvalue weighted by Gasteiger charge is -2.26. The van der Waals surface area contributed by atoms with Crippen molar-refractivity contribution in [3.8, 4) is 0 Å². The molecule has 0 atom stereocenters. The number of carbonyl (C=O) groups is 1. The van der Waals surface area contributed by atoms with E-state index in [0.29, 0.717) is 5.75 Å². The Labute approximate surface area is 148 Å². The van der Waals surface area contributed by atoms with E-state index in [9.17, 15) is 4.79 Å². The summed E-state index contributed by atoms with van der Waals surface area (Å²) in [5, 5.41) is 1.94. The highest BCUT2D eigenvalue weighted by Crippen LogP contribution is 2.29. The van der Waals surface area contributed by atoms with E-state index in [-0.39, 0.29) is 11.3 Å². The molecule has 2 aromatic rings. The van der Waals surface area contributed by atoms with Gasteiger partial charge in [-0.05, 0) is 25.3 Å². The van der Waals surface area contributed by atoms with Crippen LogP contribution in [0.25, 0.3) is 10.9 Å². The third-order valence-corrected chi connectivity index (χ3v) is 5.26. The van der Waals surface area contributed by atoms with E-state index in [2.05, 4.69) is 20.8 Å². The molecule has 1 aromatic carbocycles. The standard InChI is InChI=1S/C19H25N3OS/c1-19(2,3)18-20-15-10-6-5-9-14(15)17(21-18)24-13-16(23)22-11-7-4-8-12-22/h5-6,9-10H,4,7-8,11-13H2,1-3H3. The summed E-state index contributed by atoms with van der Waals surface area (Å²) in [5.41, 5.74) is 0.835. The van der Waals surface area contributed by atoms with Gasteiger partial charge in [-0.15, -0.1) is 0 Å². The number of hydrogen-bond donors (Lipinski definition) is 0. The van der Waals surface area contributed by atoms with Crippen molar-refractivity contribution in [3.05, 3.63) is 30.1 Å². The van der Waals surface area contributed by atoms with Crippen LogP contribution in [0.2, 0.25) is 0 Å². The molecule has 24 heavy (non-hydrogen) atoms. The van der Waals surface area contributed by atoms with Crippen molar-refractivity contribution in [3.63, 3.8) is 0 Å². The molecule has 128 valence electrons. The van der Waals surface area contributed by atoms with Gasteiger partial charge in [0, 0.05) is 23.9 Å². The molecule has 0 aliphatic carbocycles. The number of hydrogen-bond acceptors (Lipinski definition) is 4. The Bertz CT molecular complexity index is 733. The average molecular weight is 343 g/mol. The molecule has 2 heterocycles. The number of aromatic nitrogens is 2. The predicted molar refractivity (Wildman–Crippen MR) is 99.4 cm³/mol. The van der Waals surface area contributed by atoms with Crippen LogP contribution >= 0.6 is 11.8 Å². The Morgan fingerprint density at radius 2 is 1.83 bits per heavy atom. The summed E-state index contributed by atoms with van der Waals surface area (Å²) >= 11 is 1.54. The van der Waals surface area contributed by atoms with Crippen LogP contribution in [-0.4, -0.2) is 39.6 Å². The summed E-state index contributed by atoms with van der Waals surface area (Å²) < 4.78 is 0. The van der Waals surface area contributed by atoms with Crippen LogP contribution in [0.4, 0.5) is 0 Å². The van der Waals surface area contributed by atoms with Crippen molar-refractivity contribution >= 4 is 28.6 Å². The molecule has 1 aliphatic rings. The fourth-order valence-corrected chi connectivity index (χ4v) is 3.78. The molecule has 1 saturated heterocycles. The minimum absolute atomic E-state index is 0.115. The van der Waals surface area contributed by atoms with Gasteiger partial charge in [0.2, 0.25) is 5.91 Å². The Balaban J connectivity index is 1.83. The second-order valence-electron chi connectivity index (χ2n) is 7.35. The molecule has 0 N–H and O–H groups in total.